The molecule has 3 fully saturated rings. The van der Waals surface area contributed by atoms with E-state index >= 15 is 0 Å². The second kappa shape index (κ2) is 13.4. The number of piperazine rings is 1. The molecule has 12 heteroatoms. The van der Waals surface area contributed by atoms with Crippen LogP contribution in [0.5, 0.6) is 0 Å². The first-order valence-corrected chi connectivity index (χ1v) is 17.7. The van der Waals surface area contributed by atoms with Crippen molar-refractivity contribution in [2.24, 2.45) is 0 Å². The Balaban J connectivity index is 1.00. The minimum Gasteiger partial charge on any atom is -0.338 e. The smallest absolute Gasteiger partial charge is 0.318 e. The van der Waals surface area contributed by atoms with Crippen molar-refractivity contribution >= 4 is 34.6 Å². The minimum atomic E-state index is -2.05. The van der Waals surface area contributed by atoms with Crippen LogP contribution in [0.4, 0.5) is 4.79 Å². The van der Waals surface area contributed by atoms with E-state index in [2.05, 4.69) is 37.5 Å². The summed E-state index contributed by atoms with van der Waals surface area (Å²) in [5, 5.41) is 12.3. The van der Waals surface area contributed by atoms with Crippen LogP contribution < -0.4 is 10.9 Å². The fraction of sp³-hybridized carbons (Fsp3) is 0.588. The number of nitrogens with one attached hydrogen (secondary N) is 3. The third kappa shape index (κ3) is 6.57. The number of hydrogen-bond donors (Lipinski definition) is 3. The van der Waals surface area contributed by atoms with E-state index in [-0.39, 0.29) is 23.4 Å². The normalized spacial score (nSPS) is 22.3. The van der Waals surface area contributed by atoms with E-state index in [1.807, 2.05) is 17.9 Å². The summed E-state index contributed by atoms with van der Waals surface area (Å²) in [6, 6.07) is 5.47. The lowest BCUT2D eigenvalue weighted by Gasteiger charge is -2.43. The van der Waals surface area contributed by atoms with Gasteiger partial charge in [0.15, 0.2) is 0 Å². The number of carbonyl (C=O) groups is 2. The molecule has 3 N–H and O–H groups in total. The van der Waals surface area contributed by atoms with Crippen molar-refractivity contribution in [3.05, 3.63) is 57.0 Å². The maximum Gasteiger partial charge on any atom is 0.318 e. The average Bonchev–Trinajstić information content (AvgIpc) is 3.77. The zero-order valence-electron chi connectivity index (χ0n) is 29.5. The highest BCUT2D eigenvalue weighted by Crippen LogP contribution is 2.32. The Hall–Kier alpha value is -3.35. The number of benzene rings is 1. The van der Waals surface area contributed by atoms with Crippen molar-refractivity contribution in [2.45, 2.75) is 68.5 Å². The molecule has 0 saturated carbocycles. The Kier molecular flexibility index (Phi) is 8.08. The zero-order valence-corrected chi connectivity index (χ0v) is 27.3. The van der Waals surface area contributed by atoms with Gasteiger partial charge in [-0.2, -0.15) is 5.10 Å². The van der Waals surface area contributed by atoms with E-state index in [0.717, 1.165) is 70.7 Å². The second-order valence-corrected chi connectivity index (χ2v) is 14.4. The number of urea groups is 1. The number of carbonyl (C=O) groups excluding carboxylic acids is 2. The van der Waals surface area contributed by atoms with Gasteiger partial charge in [-0.3, -0.25) is 19.6 Å². The van der Waals surface area contributed by atoms with Crippen molar-refractivity contribution in [1.29, 1.82) is 0 Å². The van der Waals surface area contributed by atoms with Gasteiger partial charge in [0.05, 0.1) is 16.7 Å². The first kappa shape index (κ1) is 27.7. The third-order valence-corrected chi connectivity index (χ3v) is 11.5. The molecule has 3 aromatic rings. The number of fused-ring (bicyclic) bond motifs is 2. The summed E-state index contributed by atoms with van der Waals surface area (Å²) in [7, 11) is 0. The molecular weight excluding hydrogens is 600 g/mol. The number of hydrogen-bond acceptors (Lipinski definition) is 7. The first-order chi connectivity index (χ1) is 23.5. The molecule has 0 bridgehead atoms. The molecule has 3 saturated heterocycles. The quantitative estimate of drug-likeness (QED) is 0.376. The lowest BCUT2D eigenvalue weighted by molar-refractivity contribution is -0.135. The molecule has 246 valence electrons. The maximum absolute atomic E-state index is 14.2. The van der Waals surface area contributed by atoms with Crippen molar-refractivity contribution in [1.82, 2.24) is 40.1 Å². The number of amides is 3. The van der Waals surface area contributed by atoms with Gasteiger partial charge in [-0.05, 0) is 93.8 Å². The van der Waals surface area contributed by atoms with Crippen LogP contribution in [0, 0.1) is 6.92 Å². The van der Waals surface area contributed by atoms with E-state index in [0.29, 0.717) is 64.6 Å². The van der Waals surface area contributed by atoms with Gasteiger partial charge in [-0.15, -0.1) is 11.8 Å². The molecule has 1 aromatic carbocycles. The summed E-state index contributed by atoms with van der Waals surface area (Å²) in [4.78, 5) is 51.4. The van der Waals surface area contributed by atoms with Gasteiger partial charge in [0.2, 0.25) is 5.91 Å². The molecule has 0 spiro atoms. The molecule has 3 amide bonds. The number of piperidine rings is 2. The predicted octanol–water partition coefficient (Wildman–Crippen LogP) is 2.95. The Morgan fingerprint density at radius 2 is 1.83 bits per heavy atom. The molecule has 1 atom stereocenters. The zero-order chi connectivity index (χ0) is 34.3. The molecule has 0 unspecified atom stereocenters. The molecule has 7 rings (SSSR count). The Labute approximate surface area is 278 Å². The molecule has 4 aliphatic rings. The van der Waals surface area contributed by atoms with Crippen molar-refractivity contribution in [2.75, 3.05) is 65.1 Å². The lowest BCUT2D eigenvalue weighted by Crippen LogP contribution is -2.59. The third-order valence-electron chi connectivity index (χ3n) is 10.4. The fourth-order valence-electron chi connectivity index (χ4n) is 7.71. The Morgan fingerprint density at radius 3 is 2.59 bits per heavy atom. The Morgan fingerprint density at radius 1 is 1.04 bits per heavy atom. The number of rotatable bonds is 6. The van der Waals surface area contributed by atoms with Crippen molar-refractivity contribution in [3.8, 4) is 0 Å². The molecule has 0 aliphatic carbocycles. The number of pyridine rings is 1. The monoisotopic (exact) mass is 649 g/mol. The lowest BCUT2D eigenvalue weighted by atomic mass is 9.89. The van der Waals surface area contributed by atoms with Gasteiger partial charge in [-0.1, -0.05) is 6.07 Å². The molecule has 0 radical (unpaired) electrons. The van der Waals surface area contributed by atoms with E-state index in [9.17, 15) is 14.4 Å². The number of thioether (sulfide) groups is 1. The highest BCUT2D eigenvalue weighted by Gasteiger charge is 2.34. The van der Waals surface area contributed by atoms with Crippen LogP contribution in [0.2, 0.25) is 0 Å². The summed E-state index contributed by atoms with van der Waals surface area (Å²) in [6.07, 6.45) is 6.11. The van der Waals surface area contributed by atoms with Crippen LogP contribution in [0.15, 0.2) is 34.2 Å². The first-order valence-electron chi connectivity index (χ1n) is 18.2. The standard InChI is InChI=1S/C34H46N8O3S/c1-22-17-23(18-26-21-35-38-30(22)26)19-29(33(44)41-14-12-40(13-15-41)27-5-8-39(2)9-6-27)36-34(45)42-10-3-24(4-11-42)28-20-25-7-16-46-32(25)37-31(28)43/h17-18,20-21,24,27,29H,3-16,19H2,1-2H3,(H,35,38)(H,36,45)(H,37,43)/t29-/m1/s1/i2D3. The summed E-state index contributed by atoms with van der Waals surface area (Å²) >= 11 is 1.70. The van der Waals surface area contributed by atoms with Gasteiger partial charge in [0.25, 0.3) is 5.56 Å². The van der Waals surface area contributed by atoms with Crippen LogP contribution in [-0.2, 0) is 17.6 Å². The summed E-state index contributed by atoms with van der Waals surface area (Å²) in [5.41, 5.74) is 4.96. The van der Waals surface area contributed by atoms with Crippen LogP contribution in [0.25, 0.3) is 10.9 Å². The molecule has 11 nitrogen and oxygen atoms in total. The van der Waals surface area contributed by atoms with E-state index in [1.54, 1.807) is 27.8 Å². The van der Waals surface area contributed by atoms with Gasteiger partial charge in [0.1, 0.15) is 6.04 Å². The number of likely N-dealkylation sites (tertiary alicyclic amines) is 2. The molecular formula is C34H46N8O3S. The Bertz CT molecular complexity index is 1740. The number of H-pyrrole nitrogens is 2. The van der Waals surface area contributed by atoms with E-state index < -0.39 is 13.0 Å². The largest absolute Gasteiger partial charge is 0.338 e. The molecule has 46 heavy (non-hydrogen) atoms. The molecule has 4 aliphatic heterocycles. The van der Waals surface area contributed by atoms with E-state index in [1.165, 1.54) is 5.56 Å². The summed E-state index contributed by atoms with van der Waals surface area (Å²) in [6.45, 7) is 4.66. The highest BCUT2D eigenvalue weighted by atomic mass is 32.2. The number of aromatic amines is 2. The van der Waals surface area contributed by atoms with Crippen molar-refractivity contribution < 1.29 is 13.7 Å². The molecule has 6 heterocycles. The average molecular weight is 650 g/mol. The second-order valence-electron chi connectivity index (χ2n) is 13.3. The van der Waals surface area contributed by atoms with Crippen LogP contribution >= 0.6 is 11.8 Å². The minimum absolute atomic E-state index is 0.0206. The van der Waals surface area contributed by atoms with Crippen LogP contribution in [-0.4, -0.2) is 124 Å². The van der Waals surface area contributed by atoms with Gasteiger partial charge in [0, 0.05) is 72.5 Å². The van der Waals surface area contributed by atoms with Gasteiger partial charge < -0.3 is 25.0 Å². The SMILES string of the molecule is [2H]C([2H])([2H])N1CCC(N2CCN(C(=O)[C@@H](Cc3cc(C)c4[nH]ncc4c3)NC(=O)N3CCC(c4cc5c([nH]c4=O)SCC5)CC3)CC2)CC1. The van der Waals surface area contributed by atoms with Gasteiger partial charge >= 0.3 is 6.03 Å². The summed E-state index contributed by atoms with van der Waals surface area (Å²) < 4.78 is 23.1. The van der Waals surface area contributed by atoms with Gasteiger partial charge in [-0.25, -0.2) is 4.79 Å². The van der Waals surface area contributed by atoms with Crippen LogP contribution in [0.1, 0.15) is 58.0 Å². The van der Waals surface area contributed by atoms with Crippen LogP contribution in [0.3, 0.4) is 0 Å². The number of aryl methyl sites for hydroxylation is 2. The summed E-state index contributed by atoms with van der Waals surface area (Å²) in [5.74, 6) is 1.00. The van der Waals surface area contributed by atoms with E-state index in [4.69, 9.17) is 4.11 Å². The fourth-order valence-corrected chi connectivity index (χ4v) is 8.75. The van der Waals surface area contributed by atoms with Crippen molar-refractivity contribution in [3.63, 3.8) is 0 Å². The maximum atomic E-state index is 14.2. The topological polar surface area (TPSA) is 121 Å². The molecule has 2 aromatic heterocycles. The highest BCUT2D eigenvalue weighted by molar-refractivity contribution is 7.99. The number of aromatic nitrogens is 3. The number of nitrogens with zero attached hydrogens (tertiary/aromatic N) is 5. The predicted molar refractivity (Wildman–Crippen MR) is 181 cm³/mol.